The first-order valence-electron chi connectivity index (χ1n) is 10.3. The lowest BCUT2D eigenvalue weighted by molar-refractivity contribution is 0.0946. The van der Waals surface area contributed by atoms with Crippen LogP contribution in [0.4, 0.5) is 5.69 Å². The van der Waals surface area contributed by atoms with Crippen molar-refractivity contribution in [2.24, 2.45) is 0 Å². The van der Waals surface area contributed by atoms with Crippen molar-refractivity contribution in [3.8, 4) is 11.1 Å². The van der Waals surface area contributed by atoms with Crippen LogP contribution in [0.3, 0.4) is 0 Å². The molecular weight excluding hydrogens is 376 g/mol. The summed E-state index contributed by atoms with van der Waals surface area (Å²) in [6, 6.07) is 13.6. The molecule has 6 heteroatoms. The molecule has 1 saturated carbocycles. The fourth-order valence-electron chi connectivity index (χ4n) is 3.26. The Morgan fingerprint density at radius 3 is 2.57 bits per heavy atom. The van der Waals surface area contributed by atoms with Gasteiger partial charge in [-0.3, -0.25) is 19.6 Å². The van der Waals surface area contributed by atoms with Gasteiger partial charge in [0.25, 0.3) is 11.8 Å². The second kappa shape index (κ2) is 8.86. The van der Waals surface area contributed by atoms with E-state index in [1.807, 2.05) is 6.07 Å². The molecule has 4 rings (SSSR count). The number of rotatable bonds is 7. The highest BCUT2D eigenvalue weighted by Gasteiger charge is 2.24. The fraction of sp³-hybridized carbons (Fsp3) is 0.250. The van der Waals surface area contributed by atoms with E-state index in [-0.39, 0.29) is 23.6 Å². The van der Waals surface area contributed by atoms with Crippen molar-refractivity contribution in [3.63, 3.8) is 0 Å². The lowest BCUT2D eigenvalue weighted by Crippen LogP contribution is -2.26. The summed E-state index contributed by atoms with van der Waals surface area (Å²) in [6.07, 6.45) is 8.95. The van der Waals surface area contributed by atoms with E-state index in [1.165, 1.54) is 17.8 Å². The number of aromatic nitrogens is 2. The van der Waals surface area contributed by atoms with Crippen LogP contribution < -0.4 is 10.6 Å². The molecule has 0 bridgehead atoms. The molecule has 2 heterocycles. The molecule has 1 fully saturated rings. The van der Waals surface area contributed by atoms with Gasteiger partial charge in [0.15, 0.2) is 0 Å². The minimum absolute atomic E-state index is 0.235. The number of carbonyl (C=O) groups is 2. The normalized spacial score (nSPS) is 13.0. The van der Waals surface area contributed by atoms with Crippen LogP contribution in [0.25, 0.3) is 11.1 Å². The molecule has 0 atom stereocenters. The highest BCUT2D eigenvalue weighted by molar-refractivity contribution is 6.07. The standard InChI is InChI=1S/C24H24N4O2/c1-2-3-16-4-6-17(7-5-16)20-11-12-25-15-22(20)28-23(29)18-10-13-26-21(14-18)24(30)27-19-8-9-19/h4-7,10-15,19H,2-3,8-9H2,1H3,(H,27,30)(H,28,29). The summed E-state index contributed by atoms with van der Waals surface area (Å²) in [5.41, 5.74) is 4.42. The van der Waals surface area contributed by atoms with E-state index in [0.717, 1.165) is 36.8 Å². The Kier molecular flexibility index (Phi) is 5.84. The van der Waals surface area contributed by atoms with Crippen LogP contribution in [0.2, 0.25) is 0 Å². The van der Waals surface area contributed by atoms with Gasteiger partial charge in [0.1, 0.15) is 5.69 Å². The number of hydrogen-bond donors (Lipinski definition) is 2. The van der Waals surface area contributed by atoms with Crippen LogP contribution in [-0.4, -0.2) is 27.8 Å². The zero-order valence-corrected chi connectivity index (χ0v) is 16.9. The van der Waals surface area contributed by atoms with Gasteiger partial charge in [-0.05, 0) is 48.6 Å². The largest absolute Gasteiger partial charge is 0.348 e. The third-order valence-electron chi connectivity index (χ3n) is 5.04. The first-order chi connectivity index (χ1) is 14.6. The van der Waals surface area contributed by atoms with E-state index < -0.39 is 0 Å². The number of aryl methyl sites for hydroxylation is 1. The summed E-state index contributed by atoms with van der Waals surface area (Å²) >= 11 is 0. The molecule has 0 saturated heterocycles. The van der Waals surface area contributed by atoms with Crippen molar-refractivity contribution in [2.45, 2.75) is 38.6 Å². The summed E-state index contributed by atoms with van der Waals surface area (Å²) in [5.74, 6) is -0.559. The summed E-state index contributed by atoms with van der Waals surface area (Å²) in [7, 11) is 0. The minimum atomic E-state index is -0.310. The maximum Gasteiger partial charge on any atom is 0.270 e. The zero-order valence-electron chi connectivity index (χ0n) is 16.9. The highest BCUT2D eigenvalue weighted by atomic mass is 16.2. The van der Waals surface area contributed by atoms with Crippen LogP contribution in [0.5, 0.6) is 0 Å². The maximum absolute atomic E-state index is 12.8. The predicted molar refractivity (Wildman–Crippen MR) is 116 cm³/mol. The first-order valence-corrected chi connectivity index (χ1v) is 10.3. The Bertz CT molecular complexity index is 1060. The predicted octanol–water partition coefficient (Wildman–Crippen LogP) is 4.24. The number of nitrogens with zero attached hydrogens (tertiary/aromatic N) is 2. The molecule has 2 N–H and O–H groups in total. The summed E-state index contributed by atoms with van der Waals surface area (Å²) in [5, 5.41) is 5.81. The number of benzene rings is 1. The average molecular weight is 400 g/mol. The van der Waals surface area contributed by atoms with Gasteiger partial charge in [-0.2, -0.15) is 0 Å². The lowest BCUT2D eigenvalue weighted by atomic mass is 10.0. The number of amides is 2. The number of anilines is 1. The van der Waals surface area contributed by atoms with E-state index in [2.05, 4.69) is 51.8 Å². The zero-order chi connectivity index (χ0) is 20.9. The number of pyridine rings is 2. The van der Waals surface area contributed by atoms with Crippen LogP contribution in [-0.2, 0) is 6.42 Å². The summed E-state index contributed by atoms with van der Waals surface area (Å²) in [4.78, 5) is 33.3. The molecule has 0 aliphatic heterocycles. The Morgan fingerprint density at radius 1 is 1.03 bits per heavy atom. The Balaban J connectivity index is 1.53. The topological polar surface area (TPSA) is 84.0 Å². The van der Waals surface area contributed by atoms with E-state index in [4.69, 9.17) is 0 Å². The van der Waals surface area contributed by atoms with Gasteiger partial charge in [0, 0.05) is 29.6 Å². The molecule has 2 aromatic heterocycles. The van der Waals surface area contributed by atoms with E-state index >= 15 is 0 Å². The minimum Gasteiger partial charge on any atom is -0.348 e. The van der Waals surface area contributed by atoms with Gasteiger partial charge >= 0.3 is 0 Å². The van der Waals surface area contributed by atoms with Gasteiger partial charge in [-0.25, -0.2) is 0 Å². The monoisotopic (exact) mass is 400 g/mol. The second-order valence-electron chi connectivity index (χ2n) is 7.50. The van der Waals surface area contributed by atoms with Crippen LogP contribution >= 0.6 is 0 Å². The van der Waals surface area contributed by atoms with Crippen molar-refractivity contribution in [2.75, 3.05) is 5.32 Å². The van der Waals surface area contributed by atoms with E-state index in [0.29, 0.717) is 11.3 Å². The molecule has 0 spiro atoms. The number of nitrogens with one attached hydrogen (secondary N) is 2. The van der Waals surface area contributed by atoms with Crippen molar-refractivity contribution in [1.82, 2.24) is 15.3 Å². The molecule has 3 aromatic rings. The first kappa shape index (κ1) is 19.8. The second-order valence-corrected chi connectivity index (χ2v) is 7.50. The van der Waals surface area contributed by atoms with E-state index in [1.54, 1.807) is 18.5 Å². The molecule has 1 aromatic carbocycles. The third-order valence-corrected chi connectivity index (χ3v) is 5.04. The Hall–Kier alpha value is -3.54. The van der Waals surface area contributed by atoms with Gasteiger partial charge in [-0.1, -0.05) is 37.6 Å². The molecule has 1 aliphatic carbocycles. The van der Waals surface area contributed by atoms with Crippen molar-refractivity contribution >= 4 is 17.5 Å². The van der Waals surface area contributed by atoms with Gasteiger partial charge in [-0.15, -0.1) is 0 Å². The molecule has 1 aliphatic rings. The fourth-order valence-corrected chi connectivity index (χ4v) is 3.26. The number of hydrogen-bond acceptors (Lipinski definition) is 4. The Labute approximate surface area is 175 Å². The smallest absolute Gasteiger partial charge is 0.270 e. The van der Waals surface area contributed by atoms with Crippen LogP contribution in [0.1, 0.15) is 52.6 Å². The molecule has 30 heavy (non-hydrogen) atoms. The number of carbonyl (C=O) groups excluding carboxylic acids is 2. The highest BCUT2D eigenvalue weighted by Crippen LogP contribution is 2.28. The maximum atomic E-state index is 12.8. The molecule has 6 nitrogen and oxygen atoms in total. The third kappa shape index (κ3) is 4.71. The quantitative estimate of drug-likeness (QED) is 0.621. The summed E-state index contributed by atoms with van der Waals surface area (Å²) in [6.45, 7) is 2.16. The van der Waals surface area contributed by atoms with E-state index in [9.17, 15) is 9.59 Å². The van der Waals surface area contributed by atoms with Gasteiger partial charge < -0.3 is 10.6 Å². The van der Waals surface area contributed by atoms with Gasteiger partial charge in [0.2, 0.25) is 0 Å². The summed E-state index contributed by atoms with van der Waals surface area (Å²) < 4.78 is 0. The Morgan fingerprint density at radius 2 is 1.83 bits per heavy atom. The molecule has 0 unspecified atom stereocenters. The molecule has 2 amide bonds. The SMILES string of the molecule is CCCc1ccc(-c2ccncc2NC(=O)c2ccnc(C(=O)NC3CC3)c2)cc1. The average Bonchev–Trinajstić information content (AvgIpc) is 3.59. The van der Waals surface area contributed by atoms with Crippen LogP contribution in [0.15, 0.2) is 61.1 Å². The van der Waals surface area contributed by atoms with Crippen molar-refractivity contribution < 1.29 is 9.59 Å². The molecule has 152 valence electrons. The van der Waals surface area contributed by atoms with Gasteiger partial charge in [0.05, 0.1) is 11.9 Å². The van der Waals surface area contributed by atoms with Crippen molar-refractivity contribution in [3.05, 3.63) is 77.9 Å². The lowest BCUT2D eigenvalue weighted by Gasteiger charge is -2.12. The van der Waals surface area contributed by atoms with Crippen molar-refractivity contribution in [1.29, 1.82) is 0 Å². The van der Waals surface area contributed by atoms with Crippen LogP contribution in [0, 0.1) is 0 Å². The molecular formula is C24H24N4O2. The molecule has 0 radical (unpaired) electrons.